The van der Waals surface area contributed by atoms with Crippen LogP contribution in [0.15, 0.2) is 0 Å². The molecule has 0 fully saturated rings. The van der Waals surface area contributed by atoms with Crippen molar-refractivity contribution in [2.45, 2.75) is 0 Å². The standard InChI is InChI=1S/8Li.3Pb. The molecule has 0 heterocycles. The molecular formula is Li8Pb3. The zero-order valence-corrected chi connectivity index (χ0v) is 21.2. The molecule has 0 saturated heterocycles. The third-order valence-electron chi connectivity index (χ3n) is 0. The molecule has 0 spiro atoms. The van der Waals surface area contributed by atoms with E-state index in [0.717, 1.165) is 0 Å². The number of hydrogen-bond donors (Lipinski definition) is 0. The summed E-state index contributed by atoms with van der Waals surface area (Å²) in [5, 5.41) is 0. The van der Waals surface area contributed by atoms with Crippen molar-refractivity contribution in [3.05, 3.63) is 0 Å². The molecule has 0 nitrogen and oxygen atoms in total. The van der Waals surface area contributed by atoms with Crippen LogP contribution in [0.3, 0.4) is 0 Å². The van der Waals surface area contributed by atoms with Gasteiger partial charge in [-0.3, -0.25) is 0 Å². The Kier molecular flexibility index (Phi) is 769. The van der Waals surface area contributed by atoms with Crippen LogP contribution in [-0.4, -0.2) is 233 Å². The second kappa shape index (κ2) is 84.4. The van der Waals surface area contributed by atoms with Crippen molar-refractivity contribution < 1.29 is 0 Å². The van der Waals surface area contributed by atoms with Crippen molar-refractivity contribution in [1.82, 2.24) is 0 Å². The zero-order chi connectivity index (χ0) is 0. The van der Waals surface area contributed by atoms with Gasteiger partial charge in [-0.15, -0.1) is 0 Å². The Labute approximate surface area is 227 Å². The van der Waals surface area contributed by atoms with Crippen molar-refractivity contribution in [2.24, 2.45) is 0 Å². The molecule has 0 N–H and O–H groups in total. The van der Waals surface area contributed by atoms with Gasteiger partial charge in [-0.05, 0) is 0 Å². The fourth-order valence-electron chi connectivity index (χ4n) is 0. The summed E-state index contributed by atoms with van der Waals surface area (Å²) in [5.41, 5.74) is 0. The molecule has 11 heavy (non-hydrogen) atoms. The molecule has 0 aromatic rings. The summed E-state index contributed by atoms with van der Waals surface area (Å²) in [6.45, 7) is 0. The summed E-state index contributed by atoms with van der Waals surface area (Å²) in [6.07, 6.45) is 0. The smallest absolute Gasteiger partial charge is 0 e. The van der Waals surface area contributed by atoms with Gasteiger partial charge in [0.2, 0.25) is 0 Å². The fraction of sp³-hybridized carbons (Fsp3) is 0. The van der Waals surface area contributed by atoms with E-state index < -0.39 is 0 Å². The number of hydrogen-bond acceptors (Lipinski definition) is 0. The Hall–Kier alpha value is 7.55. The summed E-state index contributed by atoms with van der Waals surface area (Å²) in [6, 6.07) is 0. The maximum Gasteiger partial charge on any atom is 0 e. The van der Waals surface area contributed by atoms with Crippen molar-refractivity contribution in [3.63, 3.8) is 0 Å². The van der Waals surface area contributed by atoms with Crippen LogP contribution in [0.25, 0.3) is 0 Å². The Morgan fingerprint density at radius 1 is 0.182 bits per heavy atom. The average Bonchev–Trinajstić information content (AvgIpc) is 0. The van der Waals surface area contributed by atoms with Gasteiger partial charge < -0.3 is 0 Å². The van der Waals surface area contributed by atoms with E-state index >= 15 is 0 Å². The molecule has 20 radical (unpaired) electrons. The van der Waals surface area contributed by atoms with Crippen LogP contribution < -0.4 is 0 Å². The maximum absolute atomic E-state index is 0. The maximum atomic E-state index is 0. The second-order valence-electron chi connectivity index (χ2n) is 0. The van der Waals surface area contributed by atoms with Gasteiger partial charge >= 0.3 is 0 Å². The van der Waals surface area contributed by atoms with Crippen LogP contribution in [0.1, 0.15) is 0 Å². The molecular weight excluding hydrogens is 677 g/mol. The van der Waals surface area contributed by atoms with E-state index in [1.165, 1.54) is 0 Å². The Morgan fingerprint density at radius 3 is 0.182 bits per heavy atom. The zero-order valence-electron chi connectivity index (χ0n) is 9.50. The molecule has 0 aliphatic carbocycles. The van der Waals surface area contributed by atoms with Crippen LogP contribution in [0.2, 0.25) is 0 Å². The predicted molar refractivity (Wildman–Crippen MR) is 63.3 cm³/mol. The van der Waals surface area contributed by atoms with Gasteiger partial charge in [-0.2, -0.15) is 0 Å². The van der Waals surface area contributed by atoms with E-state index in [4.69, 9.17) is 0 Å². The van der Waals surface area contributed by atoms with Gasteiger partial charge in [-0.1, -0.05) is 0 Å². The first-order valence-corrected chi connectivity index (χ1v) is 0. The molecule has 11 heteroatoms. The minimum atomic E-state index is 0. The van der Waals surface area contributed by atoms with Gasteiger partial charge in [-0.25, -0.2) is 0 Å². The molecule has 0 aromatic carbocycles. The van der Waals surface area contributed by atoms with Crippen molar-refractivity contribution in [2.75, 3.05) is 0 Å². The van der Waals surface area contributed by atoms with Crippen LogP contribution >= 0.6 is 0 Å². The first-order chi connectivity index (χ1) is 0. The topological polar surface area (TPSA) is 0 Å². The molecule has 0 aromatic heterocycles. The minimum Gasteiger partial charge on any atom is 0 e. The van der Waals surface area contributed by atoms with E-state index in [1.54, 1.807) is 0 Å². The van der Waals surface area contributed by atoms with Crippen molar-refractivity contribution >= 4 is 233 Å². The van der Waals surface area contributed by atoms with Crippen molar-refractivity contribution in [3.8, 4) is 0 Å². The second-order valence-corrected chi connectivity index (χ2v) is 0. The van der Waals surface area contributed by atoms with E-state index in [0.29, 0.717) is 0 Å². The first-order valence-electron chi connectivity index (χ1n) is 0. The molecule has 0 aliphatic rings. The summed E-state index contributed by atoms with van der Waals surface area (Å²) >= 11 is 0. The SMILES string of the molecule is [Li].[Li].[Li].[Li].[Li].[Li].[Li].[Li].[Pb].[Pb].[Pb]. The molecule has 0 atom stereocenters. The summed E-state index contributed by atoms with van der Waals surface area (Å²) in [7, 11) is 0. The third kappa shape index (κ3) is 74.5. The molecule has 0 bridgehead atoms. The minimum absolute atomic E-state index is 0. The molecule has 0 rings (SSSR count). The van der Waals surface area contributed by atoms with Gasteiger partial charge in [0.1, 0.15) is 0 Å². The molecule has 0 saturated carbocycles. The van der Waals surface area contributed by atoms with Crippen LogP contribution in [0.4, 0.5) is 0 Å². The number of rotatable bonds is 0. The Morgan fingerprint density at radius 2 is 0.182 bits per heavy atom. The van der Waals surface area contributed by atoms with E-state index in [2.05, 4.69) is 0 Å². The van der Waals surface area contributed by atoms with Crippen molar-refractivity contribution in [1.29, 1.82) is 0 Å². The summed E-state index contributed by atoms with van der Waals surface area (Å²) in [5.74, 6) is 0. The van der Waals surface area contributed by atoms with Crippen LogP contribution in [0, 0.1) is 0 Å². The predicted octanol–water partition coefficient (Wildman–Crippen LogP) is -4.19. The van der Waals surface area contributed by atoms with Gasteiger partial charge in [0, 0.05) is 233 Å². The van der Waals surface area contributed by atoms with E-state index in [1.807, 2.05) is 0 Å². The van der Waals surface area contributed by atoms with E-state index in [-0.39, 0.29) is 233 Å². The third-order valence-corrected chi connectivity index (χ3v) is 0. The van der Waals surface area contributed by atoms with Crippen LogP contribution in [0.5, 0.6) is 0 Å². The summed E-state index contributed by atoms with van der Waals surface area (Å²) < 4.78 is 0. The monoisotopic (exact) mass is 680 g/mol. The van der Waals surface area contributed by atoms with Gasteiger partial charge in [0.15, 0.2) is 0 Å². The molecule has 20 valence electrons. The van der Waals surface area contributed by atoms with E-state index in [9.17, 15) is 0 Å². The van der Waals surface area contributed by atoms with Gasteiger partial charge in [0.25, 0.3) is 0 Å². The molecule has 0 aliphatic heterocycles. The normalized spacial score (nSPS) is 0. The molecule has 0 unspecified atom stereocenters. The Balaban J connectivity index is 0. The quantitative estimate of drug-likeness (QED) is 0.229. The fourth-order valence-corrected chi connectivity index (χ4v) is 0. The first kappa shape index (κ1) is 100. The average molecular weight is 677 g/mol. The van der Waals surface area contributed by atoms with Gasteiger partial charge in [0.05, 0.1) is 0 Å². The molecule has 0 amide bonds. The largest absolute Gasteiger partial charge is 0 e. The Bertz CT molecular complexity index is 9.30. The summed E-state index contributed by atoms with van der Waals surface area (Å²) in [4.78, 5) is 0. The van der Waals surface area contributed by atoms with Crippen LogP contribution in [-0.2, 0) is 0 Å².